The molecule has 0 saturated carbocycles. The summed E-state index contributed by atoms with van der Waals surface area (Å²) in [7, 11) is 0. The molecule has 1 atom stereocenters. The lowest BCUT2D eigenvalue weighted by Crippen LogP contribution is -2.31. The Morgan fingerprint density at radius 1 is 1.32 bits per heavy atom. The minimum absolute atomic E-state index is 0.230. The molecule has 1 rings (SSSR count). The molecule has 0 bridgehead atoms. The molecule has 0 heterocycles. The number of carbonyl (C=O) groups excluding carboxylic acids is 1. The van der Waals surface area contributed by atoms with Gasteiger partial charge in [0.2, 0.25) is 5.91 Å². The number of rotatable bonds is 3. The van der Waals surface area contributed by atoms with Crippen LogP contribution in [0.5, 0.6) is 0 Å². The van der Waals surface area contributed by atoms with Crippen molar-refractivity contribution >= 4 is 11.6 Å². The van der Waals surface area contributed by atoms with E-state index < -0.39 is 23.1 Å². The number of carbonyl (C=O) groups is 1. The fourth-order valence-electron chi connectivity index (χ4n) is 1.30. The Kier molecular flexibility index (Phi) is 4.20. The molecule has 1 aromatic carbocycles. The first-order valence-corrected chi connectivity index (χ1v) is 5.63. The molecule has 1 N–H and O–H groups in total. The quantitative estimate of drug-likeness (QED) is 0.912. The van der Waals surface area contributed by atoms with Crippen molar-refractivity contribution < 1.29 is 18.0 Å². The van der Waals surface area contributed by atoms with Gasteiger partial charge in [-0.3, -0.25) is 4.79 Å². The Morgan fingerprint density at radius 2 is 1.84 bits per heavy atom. The van der Waals surface area contributed by atoms with E-state index in [1.54, 1.807) is 6.92 Å². The second-order valence-corrected chi connectivity index (χ2v) is 4.33. The fraction of sp³-hybridized carbons (Fsp3) is 0.385. The molecule has 0 aliphatic carbocycles. The summed E-state index contributed by atoms with van der Waals surface area (Å²) in [5.74, 6) is -0.530. The molecule has 0 radical (unpaired) electrons. The van der Waals surface area contributed by atoms with Crippen LogP contribution < -0.4 is 5.32 Å². The first-order valence-electron chi connectivity index (χ1n) is 5.63. The van der Waals surface area contributed by atoms with Gasteiger partial charge in [0.25, 0.3) is 0 Å². The Morgan fingerprint density at radius 3 is 2.21 bits per heavy atom. The van der Waals surface area contributed by atoms with Crippen molar-refractivity contribution in [1.82, 2.24) is 0 Å². The summed E-state index contributed by atoms with van der Waals surface area (Å²) in [6.45, 7) is 3.17. The molecule has 1 aromatic rings. The van der Waals surface area contributed by atoms with Crippen molar-refractivity contribution in [3.05, 3.63) is 29.8 Å². The molecule has 1 amide bonds. The number of halogens is 3. The van der Waals surface area contributed by atoms with E-state index in [0.29, 0.717) is 6.42 Å². The van der Waals surface area contributed by atoms with Gasteiger partial charge in [-0.15, -0.1) is 0 Å². The Bertz CT molecular complexity index is 502. The highest BCUT2D eigenvalue weighted by atomic mass is 19.4. The van der Waals surface area contributed by atoms with Gasteiger partial charge in [0, 0.05) is 5.69 Å². The van der Waals surface area contributed by atoms with Crippen LogP contribution in [0.1, 0.15) is 25.8 Å². The number of benzene rings is 1. The molecule has 0 aliphatic heterocycles. The van der Waals surface area contributed by atoms with Crippen LogP contribution in [0.3, 0.4) is 0 Å². The Labute approximate surface area is 109 Å². The largest absolute Gasteiger partial charge is 0.416 e. The topological polar surface area (TPSA) is 52.9 Å². The van der Waals surface area contributed by atoms with E-state index >= 15 is 0 Å². The zero-order valence-electron chi connectivity index (χ0n) is 10.5. The van der Waals surface area contributed by atoms with Gasteiger partial charge in [-0.25, -0.2) is 0 Å². The standard InChI is InChI=1S/C13H13F3N2O/c1-3-12(2,8-17)11(19)18-10-6-4-9(5-7-10)13(14,15)16/h4-7H,3H2,1-2H3,(H,18,19). The third kappa shape index (κ3) is 3.47. The lowest BCUT2D eigenvalue weighted by Gasteiger charge is -2.18. The maximum atomic E-state index is 12.4. The smallest absolute Gasteiger partial charge is 0.325 e. The first-order chi connectivity index (χ1) is 8.73. The predicted molar refractivity (Wildman–Crippen MR) is 64.1 cm³/mol. The Balaban J connectivity index is 2.85. The minimum Gasteiger partial charge on any atom is -0.325 e. The molecule has 19 heavy (non-hydrogen) atoms. The molecule has 1 unspecified atom stereocenters. The van der Waals surface area contributed by atoms with Crippen molar-refractivity contribution in [2.45, 2.75) is 26.4 Å². The zero-order valence-corrected chi connectivity index (χ0v) is 10.5. The number of nitriles is 1. The van der Waals surface area contributed by atoms with Crippen molar-refractivity contribution in [2.24, 2.45) is 5.41 Å². The van der Waals surface area contributed by atoms with Gasteiger partial charge in [-0.1, -0.05) is 6.92 Å². The molecule has 6 heteroatoms. The van der Waals surface area contributed by atoms with Gasteiger partial charge < -0.3 is 5.32 Å². The van der Waals surface area contributed by atoms with E-state index in [1.165, 1.54) is 6.92 Å². The number of nitrogens with zero attached hydrogens (tertiary/aromatic N) is 1. The summed E-state index contributed by atoms with van der Waals surface area (Å²) < 4.78 is 37.1. The molecule has 0 spiro atoms. The molecule has 0 aromatic heterocycles. The van der Waals surface area contributed by atoms with Crippen LogP contribution in [0.2, 0.25) is 0 Å². The van der Waals surface area contributed by atoms with Crippen LogP contribution in [0.15, 0.2) is 24.3 Å². The number of nitrogens with one attached hydrogen (secondary N) is 1. The lowest BCUT2D eigenvalue weighted by molar-refractivity contribution is -0.137. The van der Waals surface area contributed by atoms with E-state index in [1.807, 2.05) is 6.07 Å². The maximum Gasteiger partial charge on any atom is 0.416 e. The van der Waals surface area contributed by atoms with Crippen LogP contribution in [0, 0.1) is 16.7 Å². The molecule has 102 valence electrons. The van der Waals surface area contributed by atoms with Crippen LogP contribution in [-0.2, 0) is 11.0 Å². The summed E-state index contributed by atoms with van der Waals surface area (Å²) in [5, 5.41) is 11.4. The maximum absolute atomic E-state index is 12.4. The molecular formula is C13H13F3N2O. The third-order valence-corrected chi connectivity index (χ3v) is 2.93. The monoisotopic (exact) mass is 270 g/mol. The number of alkyl halides is 3. The van der Waals surface area contributed by atoms with Crippen LogP contribution in [-0.4, -0.2) is 5.91 Å². The average Bonchev–Trinajstić information content (AvgIpc) is 2.37. The molecule has 3 nitrogen and oxygen atoms in total. The number of hydrogen-bond acceptors (Lipinski definition) is 2. The highest BCUT2D eigenvalue weighted by Gasteiger charge is 2.32. The fourth-order valence-corrected chi connectivity index (χ4v) is 1.30. The highest BCUT2D eigenvalue weighted by molar-refractivity contribution is 5.96. The third-order valence-electron chi connectivity index (χ3n) is 2.93. The molecule has 0 saturated heterocycles. The van der Waals surface area contributed by atoms with E-state index in [9.17, 15) is 18.0 Å². The van der Waals surface area contributed by atoms with E-state index in [0.717, 1.165) is 24.3 Å². The first kappa shape index (κ1) is 15.0. The molecule has 0 aliphatic rings. The SMILES string of the molecule is CCC(C)(C#N)C(=O)Nc1ccc(C(F)(F)F)cc1. The second kappa shape index (κ2) is 5.31. The molecule has 0 fully saturated rings. The summed E-state index contributed by atoms with van der Waals surface area (Å²) in [6, 6.07) is 5.97. The average molecular weight is 270 g/mol. The van der Waals surface area contributed by atoms with Crippen LogP contribution in [0.4, 0.5) is 18.9 Å². The van der Waals surface area contributed by atoms with E-state index in [-0.39, 0.29) is 5.69 Å². The van der Waals surface area contributed by atoms with E-state index in [4.69, 9.17) is 5.26 Å². The summed E-state index contributed by atoms with van der Waals surface area (Å²) in [4.78, 5) is 11.8. The van der Waals surface area contributed by atoms with Crippen LogP contribution >= 0.6 is 0 Å². The normalized spacial score (nSPS) is 14.3. The Hall–Kier alpha value is -2.03. The number of hydrogen-bond donors (Lipinski definition) is 1. The second-order valence-electron chi connectivity index (χ2n) is 4.33. The van der Waals surface area contributed by atoms with Crippen molar-refractivity contribution in [3.63, 3.8) is 0 Å². The van der Waals surface area contributed by atoms with Gasteiger partial charge in [0.15, 0.2) is 0 Å². The zero-order chi connectivity index (χ0) is 14.7. The minimum atomic E-state index is -4.41. The van der Waals surface area contributed by atoms with Gasteiger partial charge in [0.05, 0.1) is 11.6 Å². The summed E-state index contributed by atoms with van der Waals surface area (Å²) in [5.41, 5.74) is -1.75. The highest BCUT2D eigenvalue weighted by Crippen LogP contribution is 2.30. The number of anilines is 1. The van der Waals surface area contributed by atoms with Crippen molar-refractivity contribution in [1.29, 1.82) is 5.26 Å². The number of amides is 1. The van der Waals surface area contributed by atoms with Crippen molar-refractivity contribution in [2.75, 3.05) is 5.32 Å². The van der Waals surface area contributed by atoms with E-state index in [2.05, 4.69) is 5.32 Å². The summed E-state index contributed by atoms with van der Waals surface area (Å²) in [6.07, 6.45) is -4.09. The van der Waals surface area contributed by atoms with Crippen LogP contribution in [0.25, 0.3) is 0 Å². The molecular weight excluding hydrogens is 257 g/mol. The van der Waals surface area contributed by atoms with Gasteiger partial charge in [0.1, 0.15) is 5.41 Å². The summed E-state index contributed by atoms with van der Waals surface area (Å²) >= 11 is 0. The van der Waals surface area contributed by atoms with Crippen molar-refractivity contribution in [3.8, 4) is 6.07 Å². The van der Waals surface area contributed by atoms with Gasteiger partial charge in [-0.05, 0) is 37.6 Å². The lowest BCUT2D eigenvalue weighted by atomic mass is 9.88. The van der Waals surface area contributed by atoms with Gasteiger partial charge in [-0.2, -0.15) is 18.4 Å². The van der Waals surface area contributed by atoms with Gasteiger partial charge >= 0.3 is 6.18 Å². The predicted octanol–water partition coefficient (Wildman–Crippen LogP) is 3.58.